The molecule has 2 aliphatic rings. The van der Waals surface area contributed by atoms with Gasteiger partial charge in [0.15, 0.2) is 5.13 Å². The maximum Gasteiger partial charge on any atom is 0.231 e. The van der Waals surface area contributed by atoms with Crippen molar-refractivity contribution in [3.8, 4) is 5.88 Å². The monoisotopic (exact) mass is 415 g/mol. The molecule has 30 heavy (non-hydrogen) atoms. The highest BCUT2D eigenvalue weighted by Gasteiger charge is 2.24. The second-order valence-corrected chi connectivity index (χ2v) is 9.09. The number of hydrogen-bond donors (Lipinski definition) is 1. The van der Waals surface area contributed by atoms with E-state index in [1.165, 1.54) is 5.56 Å². The first-order valence-electron chi connectivity index (χ1n) is 10.5. The summed E-state index contributed by atoms with van der Waals surface area (Å²) in [6.07, 6.45) is 5.49. The van der Waals surface area contributed by atoms with E-state index in [2.05, 4.69) is 51.3 Å². The molecule has 0 aliphatic carbocycles. The Hall–Kier alpha value is -2.92. The smallest absolute Gasteiger partial charge is 0.231 e. The number of benzene rings is 2. The summed E-state index contributed by atoms with van der Waals surface area (Å²) >= 11 is 1.57. The largest absolute Gasteiger partial charge is 0.492 e. The molecule has 0 bridgehead atoms. The molecule has 0 saturated carbocycles. The zero-order valence-corrected chi connectivity index (χ0v) is 17.9. The Kier molecular flexibility index (Phi) is 5.13. The molecule has 0 amide bonds. The van der Waals surface area contributed by atoms with Gasteiger partial charge in [-0.3, -0.25) is 4.99 Å². The van der Waals surface area contributed by atoms with Gasteiger partial charge >= 0.3 is 0 Å². The Morgan fingerprint density at radius 1 is 1.07 bits per heavy atom. The van der Waals surface area contributed by atoms with E-state index in [9.17, 15) is 5.11 Å². The number of piperidine rings is 1. The van der Waals surface area contributed by atoms with Gasteiger partial charge in [-0.25, -0.2) is 0 Å². The van der Waals surface area contributed by atoms with E-state index in [0.717, 1.165) is 64.9 Å². The minimum absolute atomic E-state index is 0.117. The molecular weight excluding hydrogens is 390 g/mol. The van der Waals surface area contributed by atoms with Crippen LogP contribution in [0.4, 0.5) is 10.8 Å². The fourth-order valence-electron chi connectivity index (χ4n) is 4.37. The summed E-state index contributed by atoms with van der Waals surface area (Å²) in [6.45, 7) is 4.00. The molecule has 0 radical (unpaired) electrons. The zero-order valence-electron chi connectivity index (χ0n) is 17.1. The molecule has 1 fully saturated rings. The number of nitrogens with zero attached hydrogens (tertiary/aromatic N) is 3. The minimum Gasteiger partial charge on any atom is -0.492 e. The summed E-state index contributed by atoms with van der Waals surface area (Å²) in [6, 6.07) is 18.9. The van der Waals surface area contributed by atoms with Crippen molar-refractivity contribution in [3.05, 3.63) is 70.6 Å². The Bertz CT molecular complexity index is 1110. The third kappa shape index (κ3) is 3.77. The van der Waals surface area contributed by atoms with Gasteiger partial charge in [0.25, 0.3) is 0 Å². The summed E-state index contributed by atoms with van der Waals surface area (Å²) < 4.78 is 0. The zero-order chi connectivity index (χ0) is 20.5. The molecule has 152 valence electrons. The second-order valence-electron chi connectivity index (χ2n) is 8.08. The molecular formula is C25H25N3OS. The molecule has 3 heterocycles. The van der Waals surface area contributed by atoms with Crippen LogP contribution in [0.2, 0.25) is 0 Å². The molecule has 0 atom stereocenters. The van der Waals surface area contributed by atoms with Crippen LogP contribution in [0.25, 0.3) is 11.6 Å². The van der Waals surface area contributed by atoms with Gasteiger partial charge in [0.05, 0.1) is 10.6 Å². The number of anilines is 1. The van der Waals surface area contributed by atoms with Crippen LogP contribution in [0.1, 0.15) is 35.8 Å². The predicted molar refractivity (Wildman–Crippen MR) is 126 cm³/mol. The van der Waals surface area contributed by atoms with Crippen LogP contribution in [0.15, 0.2) is 59.6 Å². The minimum atomic E-state index is 0.117. The Morgan fingerprint density at radius 2 is 1.80 bits per heavy atom. The average molecular weight is 416 g/mol. The lowest BCUT2D eigenvalue weighted by atomic mass is 9.90. The van der Waals surface area contributed by atoms with Crippen LogP contribution >= 0.6 is 11.3 Å². The van der Waals surface area contributed by atoms with Gasteiger partial charge in [0.2, 0.25) is 5.88 Å². The molecule has 2 aromatic carbocycles. The van der Waals surface area contributed by atoms with Crippen molar-refractivity contribution in [1.29, 1.82) is 0 Å². The molecule has 1 saturated heterocycles. The lowest BCUT2D eigenvalue weighted by Gasteiger charge is -2.31. The first-order valence-corrected chi connectivity index (χ1v) is 11.3. The molecule has 0 spiro atoms. The number of para-hydroxylation sites is 1. The van der Waals surface area contributed by atoms with Crippen molar-refractivity contribution in [2.24, 2.45) is 10.9 Å². The topological polar surface area (TPSA) is 48.7 Å². The normalized spacial score (nSPS) is 18.0. The fraction of sp³-hybridized carbons (Fsp3) is 0.280. The highest BCUT2D eigenvalue weighted by molar-refractivity contribution is 7.16. The number of aromatic hydroxyl groups is 1. The van der Waals surface area contributed by atoms with E-state index < -0.39 is 0 Å². The predicted octanol–water partition coefficient (Wildman–Crippen LogP) is 5.95. The van der Waals surface area contributed by atoms with E-state index in [0.29, 0.717) is 5.92 Å². The van der Waals surface area contributed by atoms with Crippen LogP contribution < -0.4 is 4.90 Å². The number of rotatable bonds is 4. The summed E-state index contributed by atoms with van der Waals surface area (Å²) in [4.78, 5) is 12.2. The van der Waals surface area contributed by atoms with Gasteiger partial charge in [0.1, 0.15) is 0 Å². The van der Waals surface area contributed by atoms with Crippen molar-refractivity contribution in [3.63, 3.8) is 0 Å². The molecule has 5 heteroatoms. The van der Waals surface area contributed by atoms with E-state index in [-0.39, 0.29) is 5.88 Å². The quantitative estimate of drug-likeness (QED) is 0.572. The summed E-state index contributed by atoms with van der Waals surface area (Å²) in [5, 5.41) is 11.4. The number of hydrogen-bond acceptors (Lipinski definition) is 5. The first-order chi connectivity index (χ1) is 14.7. The van der Waals surface area contributed by atoms with Gasteiger partial charge in [-0.15, -0.1) is 0 Å². The Labute approximate surface area is 181 Å². The highest BCUT2D eigenvalue weighted by Crippen LogP contribution is 2.40. The number of aliphatic imine (C=N–C) groups is 1. The first kappa shape index (κ1) is 19.1. The van der Waals surface area contributed by atoms with Crippen molar-refractivity contribution in [2.75, 3.05) is 18.0 Å². The fourth-order valence-corrected chi connectivity index (χ4v) is 5.32. The molecule has 0 unspecified atom stereocenters. The van der Waals surface area contributed by atoms with Crippen molar-refractivity contribution in [2.45, 2.75) is 26.2 Å². The lowest BCUT2D eigenvalue weighted by molar-refractivity contribution is 0.402. The van der Waals surface area contributed by atoms with Crippen molar-refractivity contribution >= 4 is 39.5 Å². The summed E-state index contributed by atoms with van der Waals surface area (Å²) in [7, 11) is 0. The second kappa shape index (κ2) is 8.07. The van der Waals surface area contributed by atoms with Crippen molar-refractivity contribution < 1.29 is 5.11 Å². The molecule has 1 aromatic heterocycles. The lowest BCUT2D eigenvalue weighted by Crippen LogP contribution is -2.34. The van der Waals surface area contributed by atoms with Crippen LogP contribution in [-0.2, 0) is 6.42 Å². The van der Waals surface area contributed by atoms with E-state index in [4.69, 9.17) is 0 Å². The SMILES string of the molecule is CC1=Nc2ccccc2/C1=C/c1sc(N2CCC(Cc3ccccc3)CC2)nc1O. The van der Waals surface area contributed by atoms with Gasteiger partial charge in [-0.2, -0.15) is 4.98 Å². The van der Waals surface area contributed by atoms with Crippen LogP contribution in [0.5, 0.6) is 5.88 Å². The highest BCUT2D eigenvalue weighted by atomic mass is 32.1. The molecule has 5 rings (SSSR count). The Balaban J connectivity index is 1.29. The van der Waals surface area contributed by atoms with E-state index in [1.54, 1.807) is 11.3 Å². The van der Waals surface area contributed by atoms with Crippen LogP contribution in [0, 0.1) is 5.92 Å². The summed E-state index contributed by atoms with van der Waals surface area (Å²) in [5.74, 6) is 0.832. The number of allylic oxidation sites excluding steroid dienone is 1. The maximum absolute atomic E-state index is 10.5. The van der Waals surface area contributed by atoms with Gasteiger partial charge < -0.3 is 10.0 Å². The van der Waals surface area contributed by atoms with Gasteiger partial charge in [-0.1, -0.05) is 59.9 Å². The number of aromatic nitrogens is 1. The maximum atomic E-state index is 10.5. The number of fused-ring (bicyclic) bond motifs is 1. The van der Waals surface area contributed by atoms with E-state index in [1.807, 2.05) is 31.2 Å². The third-order valence-electron chi connectivity index (χ3n) is 6.02. The average Bonchev–Trinajstić information content (AvgIpc) is 3.29. The molecule has 1 N–H and O–H groups in total. The van der Waals surface area contributed by atoms with Gasteiger partial charge in [-0.05, 0) is 49.8 Å². The molecule has 2 aliphatic heterocycles. The summed E-state index contributed by atoms with van der Waals surface area (Å²) in [5.41, 5.74) is 5.58. The van der Waals surface area contributed by atoms with Crippen molar-refractivity contribution in [1.82, 2.24) is 4.98 Å². The van der Waals surface area contributed by atoms with Crippen LogP contribution in [0.3, 0.4) is 0 Å². The molecule has 3 aromatic rings. The van der Waals surface area contributed by atoms with Crippen LogP contribution in [-0.4, -0.2) is 28.9 Å². The van der Waals surface area contributed by atoms with E-state index >= 15 is 0 Å². The number of thiazole rings is 1. The Morgan fingerprint density at radius 3 is 2.60 bits per heavy atom. The standard InChI is InChI=1S/C25H25N3OS/c1-17-21(20-9-5-6-10-22(20)26-17)16-23-24(29)27-25(30-23)28-13-11-19(12-14-28)15-18-7-3-2-4-8-18/h2-10,16,19,29H,11-15H2,1H3/b21-16+. The molecule has 4 nitrogen and oxygen atoms in total. The van der Waals surface area contributed by atoms with Gasteiger partial charge in [0, 0.05) is 29.9 Å². The third-order valence-corrected chi connectivity index (χ3v) is 7.08.